The summed E-state index contributed by atoms with van der Waals surface area (Å²) in [5.41, 5.74) is 5.90. The van der Waals surface area contributed by atoms with Crippen LogP contribution in [-0.2, 0) is 18.5 Å². The van der Waals surface area contributed by atoms with Gasteiger partial charge in [-0.15, -0.1) is 0 Å². The van der Waals surface area contributed by atoms with Crippen LogP contribution in [0.25, 0.3) is 0 Å². The zero-order valence-electron chi connectivity index (χ0n) is 15.9. The molecule has 2 heterocycles. The summed E-state index contributed by atoms with van der Waals surface area (Å²) in [5.74, 6) is 0. The maximum Gasteiger partial charge on any atom is 0.0923 e. The molecule has 0 amide bonds. The van der Waals surface area contributed by atoms with E-state index in [9.17, 15) is 0 Å². The van der Waals surface area contributed by atoms with E-state index in [2.05, 4.69) is 102 Å². The van der Waals surface area contributed by atoms with Crippen molar-refractivity contribution < 1.29 is 0 Å². The van der Waals surface area contributed by atoms with Gasteiger partial charge in [0, 0.05) is 30.7 Å². The Bertz CT molecular complexity index is 921. The average Bonchev–Trinajstić information content (AvgIpc) is 3.16. The van der Waals surface area contributed by atoms with Gasteiger partial charge in [0.25, 0.3) is 0 Å². The lowest BCUT2D eigenvalue weighted by molar-refractivity contribution is 0.208. The van der Waals surface area contributed by atoms with Crippen LogP contribution in [-0.4, -0.2) is 17.6 Å². The fourth-order valence-electron chi connectivity index (χ4n) is 5.12. The van der Waals surface area contributed by atoms with Crippen molar-refractivity contribution >= 4 is 5.69 Å². The van der Waals surface area contributed by atoms with Crippen molar-refractivity contribution in [3.05, 3.63) is 102 Å². The highest BCUT2D eigenvalue weighted by molar-refractivity contribution is 5.65. The predicted octanol–water partition coefficient (Wildman–Crippen LogP) is 5.20. The third-order valence-corrected chi connectivity index (χ3v) is 6.38. The lowest BCUT2D eigenvalue weighted by Gasteiger charge is -2.37. The highest BCUT2D eigenvalue weighted by Crippen LogP contribution is 2.52. The van der Waals surface area contributed by atoms with Crippen LogP contribution in [0, 0.1) is 0 Å². The van der Waals surface area contributed by atoms with E-state index in [1.54, 1.807) is 0 Å². The van der Waals surface area contributed by atoms with Gasteiger partial charge in [0.15, 0.2) is 0 Å². The lowest BCUT2D eigenvalue weighted by atomic mass is 9.81. The molecule has 0 N–H and O–H groups in total. The number of likely N-dealkylation sites (tertiary alicyclic amines) is 1. The van der Waals surface area contributed by atoms with Crippen molar-refractivity contribution in [1.29, 1.82) is 0 Å². The molecular weight excluding hydrogens is 328 g/mol. The van der Waals surface area contributed by atoms with Gasteiger partial charge in [-0.1, -0.05) is 85.8 Å². The summed E-state index contributed by atoms with van der Waals surface area (Å²) in [6, 6.07) is 30.8. The molecule has 27 heavy (non-hydrogen) atoms. The van der Waals surface area contributed by atoms with Crippen molar-refractivity contribution in [1.82, 2.24) is 4.90 Å². The monoisotopic (exact) mass is 354 g/mol. The minimum absolute atomic E-state index is 0.195. The molecule has 1 saturated heterocycles. The second kappa shape index (κ2) is 6.54. The quantitative estimate of drug-likeness (QED) is 0.636. The molecular formula is C25H26N2. The first-order valence-electron chi connectivity index (χ1n) is 9.94. The van der Waals surface area contributed by atoms with Crippen LogP contribution in [0.5, 0.6) is 0 Å². The molecule has 3 aromatic rings. The topological polar surface area (TPSA) is 6.48 Å². The molecule has 1 fully saturated rings. The first-order chi connectivity index (χ1) is 13.3. The average molecular weight is 354 g/mol. The third-order valence-electron chi connectivity index (χ3n) is 6.38. The molecule has 0 spiro atoms. The first-order valence-corrected chi connectivity index (χ1v) is 9.94. The predicted molar refractivity (Wildman–Crippen MR) is 112 cm³/mol. The highest BCUT2D eigenvalue weighted by Gasteiger charge is 2.53. The molecule has 2 nitrogen and oxygen atoms in total. The van der Waals surface area contributed by atoms with Gasteiger partial charge in [0.2, 0.25) is 0 Å². The third kappa shape index (κ3) is 2.76. The van der Waals surface area contributed by atoms with E-state index in [-0.39, 0.29) is 5.41 Å². The molecule has 0 saturated carbocycles. The number of hydrogen-bond acceptors (Lipinski definition) is 2. The van der Waals surface area contributed by atoms with E-state index in [0.717, 1.165) is 19.6 Å². The number of hydrogen-bond donors (Lipinski definition) is 0. The van der Waals surface area contributed by atoms with Crippen molar-refractivity contribution in [2.24, 2.45) is 0 Å². The van der Waals surface area contributed by atoms with Crippen LogP contribution in [0.1, 0.15) is 30.0 Å². The maximum atomic E-state index is 2.68. The molecule has 136 valence electrons. The van der Waals surface area contributed by atoms with Gasteiger partial charge in [0.05, 0.1) is 6.17 Å². The first kappa shape index (κ1) is 16.6. The standard InChI is InChI=1S/C25H26N2/c1-25-16-17-26(18-20-10-4-2-5-11-20)24(25)27(19-21-12-6-3-7-13-21)23-15-9-8-14-22(23)25/h2-15,24H,16-19H2,1H3. The summed E-state index contributed by atoms with van der Waals surface area (Å²) >= 11 is 0. The molecule has 0 radical (unpaired) electrons. The van der Waals surface area contributed by atoms with Crippen LogP contribution in [0.3, 0.4) is 0 Å². The summed E-state index contributed by atoms with van der Waals surface area (Å²) in [7, 11) is 0. The molecule has 2 unspecified atom stereocenters. The van der Waals surface area contributed by atoms with E-state index in [4.69, 9.17) is 0 Å². The van der Waals surface area contributed by atoms with Crippen LogP contribution in [0.4, 0.5) is 5.69 Å². The fourth-order valence-corrected chi connectivity index (χ4v) is 5.12. The van der Waals surface area contributed by atoms with E-state index in [1.807, 2.05) is 0 Å². The minimum atomic E-state index is 0.195. The number of benzene rings is 3. The van der Waals surface area contributed by atoms with Gasteiger partial charge in [-0.2, -0.15) is 0 Å². The second-order valence-corrected chi connectivity index (χ2v) is 8.13. The summed E-state index contributed by atoms with van der Waals surface area (Å²) < 4.78 is 0. The molecule has 2 aliphatic rings. The summed E-state index contributed by atoms with van der Waals surface area (Å²) in [4.78, 5) is 5.32. The molecule has 3 aromatic carbocycles. The van der Waals surface area contributed by atoms with E-state index in [0.29, 0.717) is 6.17 Å². The number of fused-ring (bicyclic) bond motifs is 3. The normalized spacial score (nSPS) is 24.0. The van der Waals surface area contributed by atoms with Crippen LogP contribution < -0.4 is 4.90 Å². The van der Waals surface area contributed by atoms with Crippen LogP contribution in [0.15, 0.2) is 84.9 Å². The second-order valence-electron chi connectivity index (χ2n) is 8.13. The Morgan fingerprint density at radius 1 is 0.778 bits per heavy atom. The Hall–Kier alpha value is -2.58. The van der Waals surface area contributed by atoms with Crippen LogP contribution in [0.2, 0.25) is 0 Å². The minimum Gasteiger partial charge on any atom is -0.350 e. The Morgan fingerprint density at radius 2 is 1.37 bits per heavy atom. The zero-order valence-corrected chi connectivity index (χ0v) is 15.9. The van der Waals surface area contributed by atoms with Crippen molar-refractivity contribution in [3.63, 3.8) is 0 Å². The van der Waals surface area contributed by atoms with Crippen molar-refractivity contribution in [3.8, 4) is 0 Å². The molecule has 0 aliphatic carbocycles. The molecule has 2 heteroatoms. The van der Waals surface area contributed by atoms with Crippen molar-refractivity contribution in [2.45, 2.75) is 38.0 Å². The SMILES string of the molecule is CC12CCN(Cc3ccccc3)C1N(Cc1ccccc1)c1ccccc12. The van der Waals surface area contributed by atoms with Crippen molar-refractivity contribution in [2.75, 3.05) is 11.4 Å². The van der Waals surface area contributed by atoms with Crippen LogP contribution >= 0.6 is 0 Å². The number of nitrogens with zero attached hydrogens (tertiary/aromatic N) is 2. The summed E-state index contributed by atoms with van der Waals surface area (Å²) in [6.07, 6.45) is 1.63. The van der Waals surface area contributed by atoms with Gasteiger partial charge in [0.1, 0.15) is 0 Å². The van der Waals surface area contributed by atoms with Gasteiger partial charge >= 0.3 is 0 Å². The molecule has 2 atom stereocenters. The van der Waals surface area contributed by atoms with E-state index >= 15 is 0 Å². The Morgan fingerprint density at radius 3 is 2.07 bits per heavy atom. The molecule has 2 aliphatic heterocycles. The number of para-hydroxylation sites is 1. The largest absolute Gasteiger partial charge is 0.350 e. The highest BCUT2D eigenvalue weighted by atomic mass is 15.4. The Kier molecular flexibility index (Phi) is 4.02. The number of anilines is 1. The summed E-state index contributed by atoms with van der Waals surface area (Å²) in [5, 5.41) is 0. The van der Waals surface area contributed by atoms with Gasteiger partial charge in [-0.05, 0) is 29.2 Å². The van der Waals surface area contributed by atoms with E-state index in [1.165, 1.54) is 28.8 Å². The van der Waals surface area contributed by atoms with Gasteiger partial charge < -0.3 is 4.90 Å². The molecule has 5 rings (SSSR count). The molecule has 0 aromatic heterocycles. The maximum absolute atomic E-state index is 2.68. The van der Waals surface area contributed by atoms with Gasteiger partial charge in [-0.25, -0.2) is 0 Å². The summed E-state index contributed by atoms with van der Waals surface area (Å²) in [6.45, 7) is 5.59. The number of rotatable bonds is 4. The van der Waals surface area contributed by atoms with E-state index < -0.39 is 0 Å². The zero-order chi connectivity index (χ0) is 18.3. The van der Waals surface area contributed by atoms with Gasteiger partial charge in [-0.3, -0.25) is 4.90 Å². The Balaban J connectivity index is 1.53. The Labute approximate surface area is 162 Å². The smallest absolute Gasteiger partial charge is 0.0923 e. The lowest BCUT2D eigenvalue weighted by Crippen LogP contribution is -2.48. The fraction of sp³-hybridized carbons (Fsp3) is 0.280. The molecule has 0 bridgehead atoms.